The fourth-order valence-corrected chi connectivity index (χ4v) is 3.08. The average molecular weight is 359 g/mol. The molecule has 7 heteroatoms. The van der Waals surface area contributed by atoms with Gasteiger partial charge in [0.2, 0.25) is 5.91 Å². The Morgan fingerprint density at radius 1 is 1.43 bits per heavy atom. The summed E-state index contributed by atoms with van der Waals surface area (Å²) in [6, 6.07) is 4.21. The molecule has 1 aliphatic rings. The van der Waals surface area contributed by atoms with Crippen LogP contribution in [0.3, 0.4) is 0 Å². The smallest absolute Gasteiger partial charge is 0.223 e. The Kier molecular flexibility index (Phi) is 7.32. The molecule has 2 heterocycles. The molecule has 1 saturated carbocycles. The first kappa shape index (κ1) is 19.7. The molecular formula is C16H24Cl2N4O. The average Bonchev–Trinajstić information content (AvgIpc) is 2.89. The molecule has 0 spiro atoms. The van der Waals surface area contributed by atoms with Crippen molar-refractivity contribution in [2.75, 3.05) is 0 Å². The quantitative estimate of drug-likeness (QED) is 0.885. The van der Waals surface area contributed by atoms with Gasteiger partial charge in [-0.2, -0.15) is 0 Å². The zero-order chi connectivity index (χ0) is 14.8. The van der Waals surface area contributed by atoms with Gasteiger partial charge in [0, 0.05) is 24.4 Å². The molecule has 2 unspecified atom stereocenters. The van der Waals surface area contributed by atoms with E-state index in [1.807, 2.05) is 35.9 Å². The highest BCUT2D eigenvalue weighted by Crippen LogP contribution is 2.23. The molecule has 2 atom stereocenters. The number of amides is 1. The number of aryl methyl sites for hydroxylation is 1. The van der Waals surface area contributed by atoms with Crippen LogP contribution in [0, 0.1) is 12.8 Å². The number of nitrogens with zero attached hydrogens (tertiary/aromatic N) is 2. The summed E-state index contributed by atoms with van der Waals surface area (Å²) in [5, 5.41) is 3.00. The standard InChI is InChI=1S/C16H22N4O.2ClH/c1-11-4-3-7-20-10-14(19-15(11)20)9-18-16(21)12-5-2-6-13(17)8-12;;/h3-4,7,10,12-13H,2,5-6,8-9,17H2,1H3,(H,18,21);2*1H. The molecular weight excluding hydrogens is 335 g/mol. The minimum absolute atomic E-state index is 0. The maximum atomic E-state index is 12.2. The lowest BCUT2D eigenvalue weighted by Crippen LogP contribution is -2.37. The highest BCUT2D eigenvalue weighted by Gasteiger charge is 2.25. The maximum Gasteiger partial charge on any atom is 0.223 e. The van der Waals surface area contributed by atoms with Crippen molar-refractivity contribution in [2.45, 2.75) is 45.2 Å². The Labute approximate surface area is 148 Å². The molecule has 2 aromatic heterocycles. The monoisotopic (exact) mass is 358 g/mol. The molecule has 1 fully saturated rings. The van der Waals surface area contributed by atoms with Crippen LogP contribution in [0.4, 0.5) is 0 Å². The highest BCUT2D eigenvalue weighted by atomic mass is 35.5. The molecule has 2 aromatic rings. The van der Waals surface area contributed by atoms with E-state index in [4.69, 9.17) is 5.73 Å². The molecule has 0 bridgehead atoms. The predicted molar refractivity (Wildman–Crippen MR) is 96.2 cm³/mol. The second-order valence-electron chi connectivity index (χ2n) is 6.00. The van der Waals surface area contributed by atoms with E-state index in [0.717, 1.165) is 42.6 Å². The van der Waals surface area contributed by atoms with E-state index in [1.165, 1.54) is 0 Å². The van der Waals surface area contributed by atoms with Crippen molar-refractivity contribution < 1.29 is 4.79 Å². The summed E-state index contributed by atoms with van der Waals surface area (Å²) in [5.74, 6) is 0.173. The largest absolute Gasteiger partial charge is 0.350 e. The van der Waals surface area contributed by atoms with Crippen LogP contribution < -0.4 is 11.1 Å². The zero-order valence-electron chi connectivity index (χ0n) is 13.2. The molecule has 3 N–H and O–H groups in total. The topological polar surface area (TPSA) is 72.4 Å². The van der Waals surface area contributed by atoms with Gasteiger partial charge in [-0.25, -0.2) is 4.98 Å². The van der Waals surface area contributed by atoms with E-state index in [2.05, 4.69) is 10.3 Å². The second-order valence-corrected chi connectivity index (χ2v) is 6.00. The van der Waals surface area contributed by atoms with Gasteiger partial charge in [0.25, 0.3) is 0 Å². The number of aromatic nitrogens is 2. The Balaban J connectivity index is 0.00000132. The number of nitrogens with one attached hydrogen (secondary N) is 1. The minimum atomic E-state index is 0. The van der Waals surface area contributed by atoms with Gasteiger partial charge in [-0.1, -0.05) is 12.5 Å². The first-order valence-corrected chi connectivity index (χ1v) is 7.60. The van der Waals surface area contributed by atoms with Crippen molar-refractivity contribution in [2.24, 2.45) is 11.7 Å². The van der Waals surface area contributed by atoms with Crippen LogP contribution in [0.25, 0.3) is 5.65 Å². The number of carbonyl (C=O) groups is 1. The maximum absolute atomic E-state index is 12.2. The number of imidazole rings is 1. The van der Waals surface area contributed by atoms with Crippen molar-refractivity contribution in [3.05, 3.63) is 35.8 Å². The van der Waals surface area contributed by atoms with Crippen molar-refractivity contribution in [3.63, 3.8) is 0 Å². The normalized spacial score (nSPS) is 20.4. The van der Waals surface area contributed by atoms with Crippen LogP contribution in [-0.4, -0.2) is 21.3 Å². The number of nitrogens with two attached hydrogens (primary N) is 1. The molecule has 0 radical (unpaired) electrons. The molecule has 0 aliphatic heterocycles. The minimum Gasteiger partial charge on any atom is -0.350 e. The Hall–Kier alpha value is -1.30. The van der Waals surface area contributed by atoms with Gasteiger partial charge in [0.1, 0.15) is 5.65 Å². The van der Waals surface area contributed by atoms with Crippen molar-refractivity contribution in [3.8, 4) is 0 Å². The Morgan fingerprint density at radius 2 is 2.22 bits per heavy atom. The third-order valence-electron chi connectivity index (χ3n) is 4.26. The number of carbonyl (C=O) groups excluding carboxylic acids is 1. The van der Waals surface area contributed by atoms with Crippen LogP contribution in [-0.2, 0) is 11.3 Å². The summed E-state index contributed by atoms with van der Waals surface area (Å²) in [5.41, 5.74) is 8.91. The molecule has 5 nitrogen and oxygen atoms in total. The summed E-state index contributed by atoms with van der Waals surface area (Å²) in [6.45, 7) is 2.51. The van der Waals surface area contributed by atoms with Gasteiger partial charge >= 0.3 is 0 Å². The van der Waals surface area contributed by atoms with Gasteiger partial charge in [0.15, 0.2) is 0 Å². The van der Waals surface area contributed by atoms with Crippen LogP contribution in [0.15, 0.2) is 24.5 Å². The van der Waals surface area contributed by atoms with E-state index in [-0.39, 0.29) is 42.7 Å². The second kappa shape index (κ2) is 8.52. The van der Waals surface area contributed by atoms with E-state index < -0.39 is 0 Å². The summed E-state index contributed by atoms with van der Waals surface area (Å²) < 4.78 is 1.99. The third kappa shape index (κ3) is 4.59. The highest BCUT2D eigenvalue weighted by molar-refractivity contribution is 5.85. The van der Waals surface area contributed by atoms with Crippen LogP contribution in [0.1, 0.15) is 36.9 Å². The lowest BCUT2D eigenvalue weighted by Gasteiger charge is -2.25. The van der Waals surface area contributed by atoms with Crippen molar-refractivity contribution in [1.82, 2.24) is 14.7 Å². The van der Waals surface area contributed by atoms with Gasteiger partial charge in [-0.05, 0) is 37.8 Å². The lowest BCUT2D eigenvalue weighted by atomic mass is 9.85. The van der Waals surface area contributed by atoms with Crippen molar-refractivity contribution in [1.29, 1.82) is 0 Å². The molecule has 1 aliphatic carbocycles. The van der Waals surface area contributed by atoms with Crippen molar-refractivity contribution >= 4 is 36.4 Å². The van der Waals surface area contributed by atoms with E-state index in [9.17, 15) is 4.79 Å². The number of halogens is 2. The summed E-state index contributed by atoms with van der Waals surface area (Å²) in [7, 11) is 0. The number of pyridine rings is 1. The zero-order valence-corrected chi connectivity index (χ0v) is 14.8. The third-order valence-corrected chi connectivity index (χ3v) is 4.26. The number of fused-ring (bicyclic) bond motifs is 1. The fourth-order valence-electron chi connectivity index (χ4n) is 3.08. The summed E-state index contributed by atoms with van der Waals surface area (Å²) >= 11 is 0. The fraction of sp³-hybridized carbons (Fsp3) is 0.500. The van der Waals surface area contributed by atoms with Crippen LogP contribution >= 0.6 is 24.8 Å². The lowest BCUT2D eigenvalue weighted by molar-refractivity contribution is -0.126. The molecule has 128 valence electrons. The van der Waals surface area contributed by atoms with Crippen LogP contribution in [0.2, 0.25) is 0 Å². The van der Waals surface area contributed by atoms with E-state index >= 15 is 0 Å². The van der Waals surface area contributed by atoms with Gasteiger partial charge in [-0.15, -0.1) is 24.8 Å². The molecule has 3 rings (SSSR count). The van der Waals surface area contributed by atoms with E-state index in [0.29, 0.717) is 6.54 Å². The molecule has 1 amide bonds. The van der Waals surface area contributed by atoms with E-state index in [1.54, 1.807) is 0 Å². The summed E-state index contributed by atoms with van der Waals surface area (Å²) in [4.78, 5) is 16.8. The molecule has 0 saturated heterocycles. The van der Waals surface area contributed by atoms with Gasteiger partial charge in [-0.3, -0.25) is 4.79 Å². The van der Waals surface area contributed by atoms with Gasteiger partial charge in [0.05, 0.1) is 12.2 Å². The van der Waals surface area contributed by atoms with Crippen LogP contribution in [0.5, 0.6) is 0 Å². The SMILES string of the molecule is Cc1cccn2cc(CNC(=O)C3CCCC(N)C3)nc12.Cl.Cl. The number of hydrogen-bond acceptors (Lipinski definition) is 3. The molecule has 23 heavy (non-hydrogen) atoms. The summed E-state index contributed by atoms with van der Waals surface area (Å²) in [6.07, 6.45) is 7.78. The first-order valence-electron chi connectivity index (χ1n) is 7.60. The first-order chi connectivity index (χ1) is 10.1. The predicted octanol–water partition coefficient (Wildman–Crippen LogP) is 2.62. The Morgan fingerprint density at radius 3 is 2.91 bits per heavy atom. The molecule has 0 aromatic carbocycles. The number of rotatable bonds is 3. The van der Waals surface area contributed by atoms with Gasteiger partial charge < -0.3 is 15.5 Å². The Bertz CT molecular complexity index is 659. The number of hydrogen-bond donors (Lipinski definition) is 2.